The summed E-state index contributed by atoms with van der Waals surface area (Å²) in [6.07, 6.45) is -19.6. The highest BCUT2D eigenvalue weighted by molar-refractivity contribution is 5.91. The fourth-order valence-electron chi connectivity index (χ4n) is 6.76. The minimum Gasteiger partial charge on any atom is -0.462 e. The minimum atomic E-state index is -2.11. The van der Waals surface area contributed by atoms with Gasteiger partial charge in [0.25, 0.3) is 0 Å². The molecule has 2 aliphatic heterocycles. The van der Waals surface area contributed by atoms with Crippen LogP contribution in [0.25, 0.3) is 0 Å². The highest BCUT2D eigenvalue weighted by Crippen LogP contribution is 2.35. The molecule has 342 valence electrons. The highest BCUT2D eigenvalue weighted by atomic mass is 16.8. The molecule has 64 heavy (non-hydrogen) atoms. The number of aliphatic hydroxyl groups is 1. The Hall–Kier alpha value is -6.74. The number of aliphatic hydroxyl groups excluding tert-OH is 1. The van der Waals surface area contributed by atoms with Crippen molar-refractivity contribution in [1.82, 2.24) is 0 Å². The zero-order chi connectivity index (χ0) is 46.5. The summed E-state index contributed by atoms with van der Waals surface area (Å²) in [4.78, 5) is 103. The van der Waals surface area contributed by atoms with Crippen molar-refractivity contribution in [3.63, 3.8) is 0 Å². The molecule has 0 radical (unpaired) electrons. The normalized spacial score (nSPS) is 25.5. The van der Waals surface area contributed by atoms with Crippen molar-refractivity contribution in [2.24, 2.45) is 0 Å². The molecule has 2 aliphatic rings. The van der Waals surface area contributed by atoms with Gasteiger partial charge in [-0.15, -0.1) is 0 Å². The lowest BCUT2D eigenvalue weighted by Gasteiger charge is -2.47. The summed E-state index contributed by atoms with van der Waals surface area (Å²) in [7, 11) is 0. The molecule has 0 amide bonds. The fraction of sp³-hybridized carbons (Fsp3) is 0.409. The Kier molecular flexibility index (Phi) is 17.0. The van der Waals surface area contributed by atoms with E-state index >= 15 is 0 Å². The Morgan fingerprint density at radius 2 is 0.922 bits per heavy atom. The quantitative estimate of drug-likeness (QED) is 0.160. The van der Waals surface area contributed by atoms with E-state index in [0.717, 1.165) is 34.6 Å². The second-order valence-electron chi connectivity index (χ2n) is 14.2. The van der Waals surface area contributed by atoms with E-state index in [1.54, 1.807) is 54.6 Å². The van der Waals surface area contributed by atoms with E-state index in [-0.39, 0.29) is 16.7 Å². The van der Waals surface area contributed by atoms with Crippen molar-refractivity contribution in [1.29, 1.82) is 0 Å². The molecule has 0 spiro atoms. The first-order valence-electron chi connectivity index (χ1n) is 19.7. The fourth-order valence-corrected chi connectivity index (χ4v) is 6.76. The number of carbonyl (C=O) groups is 8. The third kappa shape index (κ3) is 13.1. The molecule has 2 saturated heterocycles. The van der Waals surface area contributed by atoms with Gasteiger partial charge >= 0.3 is 47.8 Å². The number of esters is 8. The second kappa shape index (κ2) is 22.6. The molecule has 5 rings (SSSR count). The molecule has 0 bridgehead atoms. The average molecular weight is 895 g/mol. The molecular weight excluding hydrogens is 848 g/mol. The molecule has 11 atom stereocenters. The van der Waals surface area contributed by atoms with Crippen molar-refractivity contribution in [3.05, 3.63) is 108 Å². The maximum absolute atomic E-state index is 13.8. The van der Waals surface area contributed by atoms with E-state index in [1.165, 1.54) is 36.4 Å². The molecule has 3 aromatic rings. The summed E-state index contributed by atoms with van der Waals surface area (Å²) in [5, 5.41) is 11.5. The van der Waals surface area contributed by atoms with Gasteiger partial charge < -0.3 is 57.2 Å². The van der Waals surface area contributed by atoms with Crippen LogP contribution < -0.4 is 0 Å². The molecule has 0 unspecified atom stereocenters. The van der Waals surface area contributed by atoms with Crippen LogP contribution in [0.3, 0.4) is 0 Å². The summed E-state index contributed by atoms with van der Waals surface area (Å²) in [5.41, 5.74) is 0.0952. The summed E-state index contributed by atoms with van der Waals surface area (Å²) in [6, 6.07) is 22.8. The van der Waals surface area contributed by atoms with E-state index in [9.17, 15) is 43.5 Å². The Bertz CT molecular complexity index is 2110. The first-order valence-corrected chi connectivity index (χ1v) is 19.7. The van der Waals surface area contributed by atoms with Gasteiger partial charge in [0.2, 0.25) is 0 Å². The minimum absolute atomic E-state index is 0.0256. The summed E-state index contributed by atoms with van der Waals surface area (Å²) in [6.45, 7) is 3.60. The topological polar surface area (TPSA) is 258 Å². The Morgan fingerprint density at radius 1 is 0.500 bits per heavy atom. The third-order valence-electron chi connectivity index (χ3n) is 9.36. The Balaban J connectivity index is 1.58. The van der Waals surface area contributed by atoms with Gasteiger partial charge in [-0.1, -0.05) is 54.6 Å². The largest absolute Gasteiger partial charge is 0.462 e. The van der Waals surface area contributed by atoms with Gasteiger partial charge in [-0.05, 0) is 36.4 Å². The maximum atomic E-state index is 13.8. The molecular formula is C44H46O20. The number of hydrogen-bond donors (Lipinski definition) is 1. The van der Waals surface area contributed by atoms with Crippen molar-refractivity contribution in [2.45, 2.75) is 102 Å². The maximum Gasteiger partial charge on any atom is 0.338 e. The third-order valence-corrected chi connectivity index (χ3v) is 9.36. The van der Waals surface area contributed by atoms with Crippen LogP contribution in [0.1, 0.15) is 65.7 Å². The number of ether oxygens (including phenoxy) is 11. The number of benzene rings is 3. The van der Waals surface area contributed by atoms with Crippen LogP contribution in [0.5, 0.6) is 0 Å². The summed E-state index contributed by atoms with van der Waals surface area (Å²) in [5.74, 6) is -7.53. The van der Waals surface area contributed by atoms with E-state index in [2.05, 4.69) is 0 Å². The summed E-state index contributed by atoms with van der Waals surface area (Å²) >= 11 is 0. The van der Waals surface area contributed by atoms with Crippen LogP contribution in [0.15, 0.2) is 91.0 Å². The predicted octanol–water partition coefficient (Wildman–Crippen LogP) is 2.41. The molecule has 0 aliphatic carbocycles. The van der Waals surface area contributed by atoms with Crippen LogP contribution in [0.2, 0.25) is 0 Å². The number of rotatable bonds is 16. The van der Waals surface area contributed by atoms with Crippen LogP contribution in [0.4, 0.5) is 0 Å². The van der Waals surface area contributed by atoms with E-state index < -0.39 is 128 Å². The smallest absolute Gasteiger partial charge is 0.338 e. The first-order chi connectivity index (χ1) is 30.5. The van der Waals surface area contributed by atoms with Crippen molar-refractivity contribution >= 4 is 47.8 Å². The van der Waals surface area contributed by atoms with Crippen LogP contribution in [0, 0.1) is 0 Å². The van der Waals surface area contributed by atoms with Crippen LogP contribution in [-0.4, -0.2) is 134 Å². The Labute approximate surface area is 365 Å². The van der Waals surface area contributed by atoms with Crippen molar-refractivity contribution < 1.29 is 95.6 Å². The molecule has 0 saturated carbocycles. The van der Waals surface area contributed by atoms with Gasteiger partial charge in [0.05, 0.1) is 23.3 Å². The average Bonchev–Trinajstić information content (AvgIpc) is 3.25. The molecule has 20 heteroatoms. The number of carbonyl (C=O) groups excluding carboxylic acids is 8. The zero-order valence-corrected chi connectivity index (χ0v) is 35.1. The standard InChI is InChI=1S/C44H46O20/c1-23(45)54-21-31(56-24(2)46)34-35(57-25(3)47)37(58-26(4)48)39(59-27(5)49)44(64-34)55-22-32-33(61-40(50)28-15-9-6-10-16-28)36(62-41(51)29-17-11-7-12-18-29)38(43(53)60-32)63-42(52)30-19-13-8-14-20-30/h6-20,31-39,43-44,53H,21-22H2,1-5H3/t31-,32+,33+,34+,35+,36-,37-,38+,39-,43-,44-/m0/s1. The molecule has 3 aromatic carbocycles. The van der Waals surface area contributed by atoms with Gasteiger partial charge in [0, 0.05) is 34.6 Å². The predicted molar refractivity (Wildman–Crippen MR) is 211 cm³/mol. The lowest BCUT2D eigenvalue weighted by Crippen LogP contribution is -2.66. The number of hydrogen-bond acceptors (Lipinski definition) is 20. The van der Waals surface area contributed by atoms with Crippen molar-refractivity contribution in [2.75, 3.05) is 13.2 Å². The molecule has 0 aromatic heterocycles. The SMILES string of the molecule is CC(=O)OC[C@H](OC(C)=O)[C@H]1O[C@H](OC[C@H]2O[C@H](O)[C@H](OC(=O)c3ccccc3)[C@@H](OC(=O)c3ccccc3)[C@@H]2OC(=O)c2ccccc2)[C@@H](OC(C)=O)[C@@H](OC(C)=O)[C@@H]1OC(C)=O. The van der Waals surface area contributed by atoms with Gasteiger partial charge in [0.1, 0.15) is 18.8 Å². The van der Waals surface area contributed by atoms with E-state index in [1.807, 2.05) is 0 Å². The second-order valence-corrected chi connectivity index (χ2v) is 14.2. The molecule has 2 heterocycles. The van der Waals surface area contributed by atoms with Gasteiger partial charge in [-0.3, -0.25) is 24.0 Å². The van der Waals surface area contributed by atoms with E-state index in [4.69, 9.17) is 52.1 Å². The van der Waals surface area contributed by atoms with Crippen molar-refractivity contribution in [3.8, 4) is 0 Å². The first kappa shape index (κ1) is 48.3. The van der Waals surface area contributed by atoms with E-state index in [0.29, 0.717) is 0 Å². The molecule has 20 nitrogen and oxygen atoms in total. The monoisotopic (exact) mass is 894 g/mol. The molecule has 2 fully saturated rings. The Morgan fingerprint density at radius 3 is 1.38 bits per heavy atom. The highest BCUT2D eigenvalue weighted by Gasteiger charge is 2.57. The van der Waals surface area contributed by atoms with Gasteiger partial charge in [-0.2, -0.15) is 0 Å². The lowest BCUT2D eigenvalue weighted by molar-refractivity contribution is -0.333. The molecule has 1 N–H and O–H groups in total. The summed E-state index contributed by atoms with van der Waals surface area (Å²) < 4.78 is 62.8. The van der Waals surface area contributed by atoms with Crippen LogP contribution in [-0.2, 0) is 76.1 Å². The lowest BCUT2D eigenvalue weighted by atomic mass is 9.94. The van der Waals surface area contributed by atoms with Gasteiger partial charge in [-0.25, -0.2) is 14.4 Å². The zero-order valence-electron chi connectivity index (χ0n) is 35.1. The van der Waals surface area contributed by atoms with Crippen LogP contribution >= 0.6 is 0 Å². The van der Waals surface area contributed by atoms with Gasteiger partial charge in [0.15, 0.2) is 55.3 Å².